The second-order valence-corrected chi connectivity index (χ2v) is 5.22. The van der Waals surface area contributed by atoms with Gasteiger partial charge in [-0.25, -0.2) is 13.6 Å². The van der Waals surface area contributed by atoms with Crippen molar-refractivity contribution in [2.75, 3.05) is 6.61 Å². The summed E-state index contributed by atoms with van der Waals surface area (Å²) in [5.74, 6) is -0.472. The van der Waals surface area contributed by atoms with Crippen LogP contribution in [0.3, 0.4) is 0 Å². The molecule has 0 saturated carbocycles. The molecular formula is C11H15NO5S. The monoisotopic (exact) mass is 273 g/mol. The fourth-order valence-electron chi connectivity index (χ4n) is 1.40. The summed E-state index contributed by atoms with van der Waals surface area (Å²) in [5.41, 5.74) is 0.673. The molecule has 0 aromatic heterocycles. The van der Waals surface area contributed by atoms with Crippen molar-refractivity contribution in [2.45, 2.75) is 24.7 Å². The lowest BCUT2D eigenvalue weighted by atomic mass is 10.1. The van der Waals surface area contributed by atoms with Crippen molar-refractivity contribution in [2.24, 2.45) is 5.14 Å². The molecule has 0 amide bonds. The summed E-state index contributed by atoms with van der Waals surface area (Å²) >= 11 is 0. The highest BCUT2D eigenvalue weighted by molar-refractivity contribution is 7.89. The quantitative estimate of drug-likeness (QED) is 0.795. The van der Waals surface area contributed by atoms with E-state index in [1.807, 2.05) is 6.92 Å². The van der Waals surface area contributed by atoms with Gasteiger partial charge in [-0.3, -0.25) is 4.79 Å². The first-order valence-corrected chi connectivity index (χ1v) is 6.89. The molecule has 0 fully saturated rings. The molecule has 7 heteroatoms. The Labute approximate surface area is 105 Å². The van der Waals surface area contributed by atoms with Crippen molar-refractivity contribution >= 4 is 16.0 Å². The number of aliphatic carboxylic acids is 1. The van der Waals surface area contributed by atoms with Crippen LogP contribution < -0.4 is 9.88 Å². The molecule has 0 aliphatic carbocycles. The number of primary sulfonamides is 1. The third kappa shape index (κ3) is 4.01. The number of carboxylic acids is 1. The van der Waals surface area contributed by atoms with Gasteiger partial charge in [-0.1, -0.05) is 6.92 Å². The number of sulfonamides is 1. The maximum atomic E-state index is 11.2. The molecule has 0 heterocycles. The van der Waals surface area contributed by atoms with Crippen molar-refractivity contribution in [1.29, 1.82) is 0 Å². The summed E-state index contributed by atoms with van der Waals surface area (Å²) < 4.78 is 27.6. The second kappa shape index (κ2) is 5.83. The zero-order valence-corrected chi connectivity index (χ0v) is 10.7. The molecule has 0 radical (unpaired) electrons. The molecule has 0 aliphatic heterocycles. The van der Waals surface area contributed by atoms with E-state index >= 15 is 0 Å². The highest BCUT2D eigenvalue weighted by Crippen LogP contribution is 2.22. The molecule has 1 aromatic carbocycles. The maximum Gasteiger partial charge on any atom is 0.306 e. The van der Waals surface area contributed by atoms with Crippen LogP contribution in [0.1, 0.15) is 18.9 Å². The topological polar surface area (TPSA) is 107 Å². The Hall–Kier alpha value is -1.60. The van der Waals surface area contributed by atoms with E-state index in [9.17, 15) is 13.2 Å². The molecule has 1 rings (SSSR count). The molecule has 0 atom stereocenters. The molecule has 1 aromatic rings. The van der Waals surface area contributed by atoms with Crippen molar-refractivity contribution in [3.63, 3.8) is 0 Å². The minimum atomic E-state index is -3.74. The first-order chi connectivity index (χ1) is 8.34. The number of carboxylic acid groups (broad SMARTS) is 1. The molecule has 0 aliphatic rings. The Morgan fingerprint density at radius 3 is 2.61 bits per heavy atom. The second-order valence-electron chi connectivity index (χ2n) is 3.66. The summed E-state index contributed by atoms with van der Waals surface area (Å²) in [4.78, 5) is 10.4. The smallest absolute Gasteiger partial charge is 0.306 e. The van der Waals surface area contributed by atoms with E-state index in [1.54, 1.807) is 0 Å². The number of nitrogens with two attached hydrogens (primary N) is 1. The molecule has 18 heavy (non-hydrogen) atoms. The minimum absolute atomic E-state index is 0.0185. The van der Waals surface area contributed by atoms with Crippen LogP contribution in [-0.2, 0) is 21.2 Å². The average molecular weight is 273 g/mol. The van der Waals surface area contributed by atoms with Gasteiger partial charge in [-0.15, -0.1) is 0 Å². The maximum absolute atomic E-state index is 11.2. The van der Waals surface area contributed by atoms with Gasteiger partial charge in [0.1, 0.15) is 5.75 Å². The van der Waals surface area contributed by atoms with E-state index in [-0.39, 0.29) is 17.9 Å². The van der Waals surface area contributed by atoms with Gasteiger partial charge in [-0.05, 0) is 30.2 Å². The molecule has 6 nitrogen and oxygen atoms in total. The van der Waals surface area contributed by atoms with Crippen LogP contribution in [0.25, 0.3) is 0 Å². The zero-order valence-electron chi connectivity index (χ0n) is 9.92. The van der Waals surface area contributed by atoms with E-state index in [2.05, 4.69) is 0 Å². The van der Waals surface area contributed by atoms with Crippen LogP contribution in [0.2, 0.25) is 0 Å². The molecular weight excluding hydrogens is 258 g/mol. The Kier molecular flexibility index (Phi) is 4.69. The first kappa shape index (κ1) is 14.5. The summed E-state index contributed by atoms with van der Waals surface area (Å²) in [7, 11) is -3.74. The standard InChI is InChI=1S/C11H15NO5S/c1-2-8-7-9(18(12,15)16)3-4-10(8)17-6-5-11(13)14/h3-4,7H,2,5-6H2,1H3,(H,13,14)(H2,12,15,16). The van der Waals surface area contributed by atoms with Crippen LogP contribution in [0.4, 0.5) is 0 Å². The fraction of sp³-hybridized carbons (Fsp3) is 0.364. The summed E-state index contributed by atoms with van der Waals surface area (Å²) in [6.07, 6.45) is 0.450. The van der Waals surface area contributed by atoms with Gasteiger partial charge in [0.2, 0.25) is 10.0 Å². The van der Waals surface area contributed by atoms with Crippen molar-refractivity contribution < 1.29 is 23.1 Å². The van der Waals surface area contributed by atoms with Gasteiger partial charge in [-0.2, -0.15) is 0 Å². The number of benzene rings is 1. The first-order valence-electron chi connectivity index (χ1n) is 5.35. The van der Waals surface area contributed by atoms with Crippen molar-refractivity contribution in [1.82, 2.24) is 0 Å². The number of rotatable bonds is 6. The number of aryl methyl sites for hydroxylation is 1. The normalized spacial score (nSPS) is 11.2. The van der Waals surface area contributed by atoms with Crippen LogP contribution in [0.15, 0.2) is 23.1 Å². The lowest BCUT2D eigenvalue weighted by molar-refractivity contribution is -0.137. The van der Waals surface area contributed by atoms with E-state index in [0.717, 1.165) is 0 Å². The Balaban J connectivity index is 2.90. The van der Waals surface area contributed by atoms with Gasteiger partial charge in [0, 0.05) is 0 Å². The highest BCUT2D eigenvalue weighted by Gasteiger charge is 2.11. The Morgan fingerprint density at radius 2 is 2.11 bits per heavy atom. The van der Waals surface area contributed by atoms with Crippen LogP contribution in [-0.4, -0.2) is 26.1 Å². The average Bonchev–Trinajstić information content (AvgIpc) is 2.27. The van der Waals surface area contributed by atoms with Gasteiger partial charge in [0.15, 0.2) is 0 Å². The summed E-state index contributed by atoms with van der Waals surface area (Å²) in [6.45, 7) is 1.88. The van der Waals surface area contributed by atoms with Gasteiger partial charge >= 0.3 is 5.97 Å². The van der Waals surface area contributed by atoms with Gasteiger partial charge < -0.3 is 9.84 Å². The molecule has 0 spiro atoms. The van der Waals surface area contributed by atoms with Crippen LogP contribution >= 0.6 is 0 Å². The lowest BCUT2D eigenvalue weighted by Gasteiger charge is -2.10. The molecule has 100 valence electrons. The molecule has 0 saturated heterocycles. The number of hydrogen-bond acceptors (Lipinski definition) is 4. The number of carbonyl (C=O) groups is 1. The molecule has 0 unspecified atom stereocenters. The number of hydrogen-bond donors (Lipinski definition) is 2. The molecule has 0 bridgehead atoms. The SMILES string of the molecule is CCc1cc(S(N)(=O)=O)ccc1OCCC(=O)O. The predicted octanol–water partition coefficient (Wildman–Crippen LogP) is 0.750. The van der Waals surface area contributed by atoms with Crippen LogP contribution in [0.5, 0.6) is 5.75 Å². The van der Waals surface area contributed by atoms with Gasteiger partial charge in [0.25, 0.3) is 0 Å². The zero-order chi connectivity index (χ0) is 13.8. The van der Waals surface area contributed by atoms with E-state index in [4.69, 9.17) is 15.0 Å². The lowest BCUT2D eigenvalue weighted by Crippen LogP contribution is -2.13. The Bertz CT molecular complexity index is 538. The van der Waals surface area contributed by atoms with Gasteiger partial charge in [0.05, 0.1) is 17.9 Å². The molecule has 3 N–H and O–H groups in total. The minimum Gasteiger partial charge on any atom is -0.493 e. The summed E-state index contributed by atoms with van der Waals surface area (Å²) in [5, 5.41) is 13.5. The van der Waals surface area contributed by atoms with Crippen molar-refractivity contribution in [3.8, 4) is 5.75 Å². The van der Waals surface area contributed by atoms with E-state index in [0.29, 0.717) is 17.7 Å². The van der Waals surface area contributed by atoms with E-state index < -0.39 is 16.0 Å². The highest BCUT2D eigenvalue weighted by atomic mass is 32.2. The third-order valence-electron chi connectivity index (χ3n) is 2.31. The third-order valence-corrected chi connectivity index (χ3v) is 3.23. The predicted molar refractivity (Wildman–Crippen MR) is 64.9 cm³/mol. The van der Waals surface area contributed by atoms with Crippen LogP contribution in [0, 0.1) is 0 Å². The van der Waals surface area contributed by atoms with Crippen molar-refractivity contribution in [3.05, 3.63) is 23.8 Å². The summed E-state index contributed by atoms with van der Waals surface area (Å²) in [6, 6.07) is 4.26. The van der Waals surface area contributed by atoms with E-state index in [1.165, 1.54) is 18.2 Å². The fourth-order valence-corrected chi connectivity index (χ4v) is 1.96. The Morgan fingerprint density at radius 1 is 1.44 bits per heavy atom. The number of ether oxygens (including phenoxy) is 1. The largest absolute Gasteiger partial charge is 0.493 e.